The van der Waals surface area contributed by atoms with Crippen molar-refractivity contribution in [2.75, 3.05) is 36.0 Å². The van der Waals surface area contributed by atoms with Crippen molar-refractivity contribution in [2.45, 2.75) is 6.92 Å². The van der Waals surface area contributed by atoms with E-state index in [2.05, 4.69) is 59.7 Å². The fourth-order valence-electron chi connectivity index (χ4n) is 3.55. The van der Waals surface area contributed by atoms with Crippen molar-refractivity contribution in [3.05, 3.63) is 52.8 Å². The maximum atomic E-state index is 5.96. The first-order valence-corrected chi connectivity index (χ1v) is 9.74. The fraction of sp³-hybridized carbons (Fsp3) is 0.250. The molecule has 1 fully saturated rings. The highest BCUT2D eigenvalue weighted by Crippen LogP contribution is 2.28. The monoisotopic (exact) mass is 423 g/mol. The number of aryl methyl sites for hydroxylation is 1. The average molecular weight is 424 g/mol. The van der Waals surface area contributed by atoms with Gasteiger partial charge < -0.3 is 14.2 Å². The Morgan fingerprint density at radius 1 is 0.963 bits per heavy atom. The molecule has 0 saturated carbocycles. The minimum Gasteiger partial charge on any atom is -0.423 e. The number of rotatable bonds is 2. The quantitative estimate of drug-likeness (QED) is 0.482. The molecule has 27 heavy (non-hydrogen) atoms. The van der Waals surface area contributed by atoms with Crippen LogP contribution in [-0.4, -0.2) is 41.1 Å². The van der Waals surface area contributed by atoms with E-state index in [1.54, 1.807) is 0 Å². The van der Waals surface area contributed by atoms with Crippen molar-refractivity contribution in [1.29, 1.82) is 0 Å². The van der Waals surface area contributed by atoms with Crippen LogP contribution in [0.25, 0.3) is 22.1 Å². The Labute approximate surface area is 165 Å². The zero-order valence-corrected chi connectivity index (χ0v) is 16.5. The van der Waals surface area contributed by atoms with Gasteiger partial charge in [0.05, 0.1) is 11.2 Å². The summed E-state index contributed by atoms with van der Waals surface area (Å²) in [5.74, 6) is 0. The number of aromatic nitrogens is 3. The SMILES string of the molecule is Cc1ccc2oc(N3CCN(c4ccnc5cc(Br)cnc45)CC3)nc2c1. The topological polar surface area (TPSA) is 58.3 Å². The molecular weight excluding hydrogens is 406 g/mol. The summed E-state index contributed by atoms with van der Waals surface area (Å²) in [6.07, 6.45) is 3.67. The number of oxazole rings is 1. The van der Waals surface area contributed by atoms with Gasteiger partial charge in [0.1, 0.15) is 11.0 Å². The normalized spacial score (nSPS) is 15.0. The largest absolute Gasteiger partial charge is 0.423 e. The van der Waals surface area contributed by atoms with E-state index in [-0.39, 0.29) is 0 Å². The molecule has 4 aromatic rings. The van der Waals surface area contributed by atoms with Gasteiger partial charge in [-0.1, -0.05) is 6.07 Å². The van der Waals surface area contributed by atoms with Gasteiger partial charge in [-0.25, -0.2) is 0 Å². The van der Waals surface area contributed by atoms with Crippen molar-refractivity contribution < 1.29 is 4.42 Å². The van der Waals surface area contributed by atoms with Gasteiger partial charge in [-0.05, 0) is 52.7 Å². The molecule has 0 unspecified atom stereocenters. The highest BCUT2D eigenvalue weighted by Gasteiger charge is 2.22. The van der Waals surface area contributed by atoms with Crippen LogP contribution in [0, 0.1) is 6.92 Å². The minimum atomic E-state index is 0.705. The van der Waals surface area contributed by atoms with Gasteiger partial charge >= 0.3 is 0 Å². The lowest BCUT2D eigenvalue weighted by atomic mass is 10.2. The molecule has 3 aromatic heterocycles. The zero-order chi connectivity index (χ0) is 18.4. The lowest BCUT2D eigenvalue weighted by Crippen LogP contribution is -2.46. The summed E-state index contributed by atoms with van der Waals surface area (Å²) in [5, 5.41) is 0. The van der Waals surface area contributed by atoms with Crippen LogP contribution in [0.5, 0.6) is 0 Å². The highest BCUT2D eigenvalue weighted by atomic mass is 79.9. The van der Waals surface area contributed by atoms with E-state index in [1.807, 2.05) is 30.6 Å². The number of piperazine rings is 1. The van der Waals surface area contributed by atoms with Gasteiger partial charge in [0.2, 0.25) is 0 Å². The molecule has 4 heterocycles. The number of hydrogen-bond donors (Lipinski definition) is 0. The number of pyridine rings is 2. The van der Waals surface area contributed by atoms with E-state index in [9.17, 15) is 0 Å². The third-order valence-electron chi connectivity index (χ3n) is 4.95. The second kappa shape index (κ2) is 6.49. The Morgan fingerprint density at radius 2 is 1.78 bits per heavy atom. The highest BCUT2D eigenvalue weighted by molar-refractivity contribution is 9.10. The number of nitrogens with zero attached hydrogens (tertiary/aromatic N) is 5. The zero-order valence-electron chi connectivity index (χ0n) is 14.9. The predicted molar refractivity (Wildman–Crippen MR) is 110 cm³/mol. The van der Waals surface area contributed by atoms with Crippen molar-refractivity contribution in [1.82, 2.24) is 15.0 Å². The molecule has 0 atom stereocenters. The van der Waals surface area contributed by atoms with Crippen molar-refractivity contribution in [3.8, 4) is 0 Å². The average Bonchev–Trinajstić information content (AvgIpc) is 3.10. The van der Waals surface area contributed by atoms with Gasteiger partial charge in [-0.2, -0.15) is 4.98 Å². The fourth-order valence-corrected chi connectivity index (χ4v) is 3.87. The van der Waals surface area contributed by atoms with Gasteiger partial charge in [-0.3, -0.25) is 9.97 Å². The number of hydrogen-bond acceptors (Lipinski definition) is 6. The van der Waals surface area contributed by atoms with Gasteiger partial charge in [0.15, 0.2) is 5.58 Å². The maximum Gasteiger partial charge on any atom is 0.298 e. The summed E-state index contributed by atoms with van der Waals surface area (Å²) in [6, 6.07) is 10.9. The van der Waals surface area contributed by atoms with Crippen LogP contribution in [0.1, 0.15) is 5.56 Å². The molecule has 0 spiro atoms. The summed E-state index contributed by atoms with van der Waals surface area (Å²) in [6.45, 7) is 5.54. The lowest BCUT2D eigenvalue weighted by Gasteiger charge is -2.35. The predicted octanol–water partition coefficient (Wildman–Crippen LogP) is 4.17. The summed E-state index contributed by atoms with van der Waals surface area (Å²) in [7, 11) is 0. The second-order valence-corrected chi connectivity index (χ2v) is 7.71. The molecule has 1 aliphatic rings. The van der Waals surface area contributed by atoms with Crippen molar-refractivity contribution in [3.63, 3.8) is 0 Å². The molecule has 0 amide bonds. The van der Waals surface area contributed by atoms with Crippen LogP contribution in [0.15, 0.2) is 51.6 Å². The van der Waals surface area contributed by atoms with Crippen LogP contribution in [0.3, 0.4) is 0 Å². The summed E-state index contributed by atoms with van der Waals surface area (Å²) < 4.78 is 6.90. The summed E-state index contributed by atoms with van der Waals surface area (Å²) in [4.78, 5) is 18.2. The first-order valence-electron chi connectivity index (χ1n) is 8.95. The molecule has 1 aliphatic heterocycles. The van der Waals surface area contributed by atoms with E-state index in [1.165, 1.54) is 5.56 Å². The van der Waals surface area contributed by atoms with Crippen LogP contribution >= 0.6 is 15.9 Å². The van der Waals surface area contributed by atoms with Crippen molar-refractivity contribution >= 4 is 49.8 Å². The van der Waals surface area contributed by atoms with Crippen molar-refractivity contribution in [2.24, 2.45) is 0 Å². The Bertz CT molecular complexity index is 1130. The third kappa shape index (κ3) is 3.02. The molecule has 1 saturated heterocycles. The number of anilines is 2. The van der Waals surface area contributed by atoms with E-state index in [0.717, 1.165) is 58.5 Å². The minimum absolute atomic E-state index is 0.705. The summed E-state index contributed by atoms with van der Waals surface area (Å²) in [5.41, 5.74) is 5.91. The van der Waals surface area contributed by atoms with Crippen LogP contribution in [0.4, 0.5) is 11.7 Å². The van der Waals surface area contributed by atoms with E-state index in [0.29, 0.717) is 6.01 Å². The van der Waals surface area contributed by atoms with Gasteiger partial charge in [-0.15, -0.1) is 0 Å². The molecule has 6 nitrogen and oxygen atoms in total. The molecule has 0 bridgehead atoms. The molecule has 1 aromatic carbocycles. The molecule has 5 rings (SSSR count). The molecule has 136 valence electrons. The molecule has 0 aliphatic carbocycles. The molecule has 0 radical (unpaired) electrons. The van der Waals surface area contributed by atoms with Crippen LogP contribution in [0.2, 0.25) is 0 Å². The number of halogens is 1. The van der Waals surface area contributed by atoms with E-state index in [4.69, 9.17) is 4.42 Å². The van der Waals surface area contributed by atoms with Gasteiger partial charge in [0, 0.05) is 43.0 Å². The Hall–Kier alpha value is -2.67. The summed E-state index contributed by atoms with van der Waals surface area (Å²) >= 11 is 3.47. The first kappa shape index (κ1) is 16.5. The van der Waals surface area contributed by atoms with Crippen LogP contribution in [-0.2, 0) is 0 Å². The van der Waals surface area contributed by atoms with Gasteiger partial charge in [0.25, 0.3) is 6.01 Å². The van der Waals surface area contributed by atoms with Crippen LogP contribution < -0.4 is 9.80 Å². The third-order valence-corrected chi connectivity index (χ3v) is 5.38. The Balaban J connectivity index is 1.38. The number of benzene rings is 1. The smallest absolute Gasteiger partial charge is 0.298 e. The maximum absolute atomic E-state index is 5.96. The molecule has 0 N–H and O–H groups in total. The second-order valence-electron chi connectivity index (χ2n) is 6.79. The lowest BCUT2D eigenvalue weighted by molar-refractivity contribution is 0.542. The molecular formula is C20H18BrN5O. The van der Waals surface area contributed by atoms with E-state index >= 15 is 0 Å². The first-order chi connectivity index (χ1) is 13.2. The Morgan fingerprint density at radius 3 is 2.63 bits per heavy atom. The molecule has 7 heteroatoms. The van der Waals surface area contributed by atoms with E-state index < -0.39 is 0 Å². The number of fused-ring (bicyclic) bond motifs is 2. The Kier molecular flexibility index (Phi) is 3.97. The standard InChI is InChI=1S/C20H18BrN5O/c1-13-2-3-18-15(10-13)24-20(27-18)26-8-6-25(7-9-26)17-4-5-22-16-11-14(21)12-23-19(16)17/h2-5,10-12H,6-9H2,1H3.